The van der Waals surface area contributed by atoms with Gasteiger partial charge in [-0.2, -0.15) is 0 Å². The van der Waals surface area contributed by atoms with Gasteiger partial charge in [-0.3, -0.25) is 0 Å². The predicted molar refractivity (Wildman–Crippen MR) is 43.2 cm³/mol. The molecule has 0 nitrogen and oxygen atoms in total. The molecule has 0 fully saturated rings. The molecular formula is C9H19. The van der Waals surface area contributed by atoms with Crippen LogP contribution in [0.3, 0.4) is 0 Å². The smallest absolute Gasteiger partial charge is 0.0443 e. The Hall–Kier alpha value is 0. The van der Waals surface area contributed by atoms with Crippen LogP contribution >= 0.6 is 0 Å². The summed E-state index contributed by atoms with van der Waals surface area (Å²) in [4.78, 5) is 0. The highest BCUT2D eigenvalue weighted by atomic mass is 14.1. The van der Waals surface area contributed by atoms with Crippen molar-refractivity contribution in [3.63, 3.8) is 0 Å². The van der Waals surface area contributed by atoms with Crippen molar-refractivity contribution in [1.82, 2.24) is 0 Å². The summed E-state index contributed by atoms with van der Waals surface area (Å²) in [7, 11) is 0. The molecule has 0 amide bonds. The molecule has 1 radical (unpaired) electrons. The maximum atomic E-state index is 3.86. The van der Waals surface area contributed by atoms with E-state index in [1.807, 2.05) is 0 Å². The Balaban J connectivity index is 3.06. The molecule has 0 bridgehead atoms. The molecule has 0 saturated heterocycles. The molecular weight excluding hydrogens is 108 g/mol. The molecule has 0 aromatic heterocycles. The average Bonchev–Trinajstić information content (AvgIpc) is 1.83. The second-order valence-electron chi connectivity index (χ2n) is 3.37. The van der Waals surface area contributed by atoms with E-state index in [4.69, 9.17) is 0 Å². The topological polar surface area (TPSA) is 0 Å². The van der Waals surface area contributed by atoms with Crippen LogP contribution < -0.4 is 0 Å². The standard InChI is InChI=1S/C9H19/c1-5-9(4)7-6-8(2)3/h8-9H,1,5-7H2,2-4H3. The van der Waals surface area contributed by atoms with Crippen molar-refractivity contribution in [2.24, 2.45) is 11.8 Å². The molecule has 0 spiro atoms. The van der Waals surface area contributed by atoms with Crippen LogP contribution in [0.5, 0.6) is 0 Å². The first-order chi connectivity index (χ1) is 4.16. The molecule has 0 N–H and O–H groups in total. The first-order valence-corrected chi connectivity index (χ1v) is 3.96. The van der Waals surface area contributed by atoms with Crippen molar-refractivity contribution in [3.8, 4) is 0 Å². The molecule has 9 heavy (non-hydrogen) atoms. The maximum absolute atomic E-state index is 3.86. The van der Waals surface area contributed by atoms with E-state index in [0.717, 1.165) is 18.3 Å². The van der Waals surface area contributed by atoms with Crippen LogP contribution in [0.15, 0.2) is 0 Å². The molecule has 1 atom stereocenters. The summed E-state index contributed by atoms with van der Waals surface area (Å²) in [5.74, 6) is 1.69. The largest absolute Gasteiger partial charge is 0.0628 e. The van der Waals surface area contributed by atoms with E-state index >= 15 is 0 Å². The van der Waals surface area contributed by atoms with Gasteiger partial charge in [-0.05, 0) is 11.8 Å². The monoisotopic (exact) mass is 127 g/mol. The zero-order valence-electron chi connectivity index (χ0n) is 6.98. The number of hydrogen-bond acceptors (Lipinski definition) is 0. The third-order valence-electron chi connectivity index (χ3n) is 1.73. The third-order valence-corrected chi connectivity index (χ3v) is 1.73. The first-order valence-electron chi connectivity index (χ1n) is 3.96. The first kappa shape index (κ1) is 9.00. The lowest BCUT2D eigenvalue weighted by molar-refractivity contribution is 0.452. The van der Waals surface area contributed by atoms with Crippen LogP contribution in [0.25, 0.3) is 0 Å². The van der Waals surface area contributed by atoms with Crippen molar-refractivity contribution in [1.29, 1.82) is 0 Å². The minimum atomic E-state index is 0.826. The molecule has 1 unspecified atom stereocenters. The van der Waals surface area contributed by atoms with E-state index in [0.29, 0.717) is 0 Å². The van der Waals surface area contributed by atoms with Gasteiger partial charge in [-0.15, -0.1) is 0 Å². The predicted octanol–water partition coefficient (Wildman–Crippen LogP) is 3.28. The van der Waals surface area contributed by atoms with Crippen LogP contribution in [-0.4, -0.2) is 0 Å². The van der Waals surface area contributed by atoms with Gasteiger partial charge in [0, 0.05) is 0 Å². The molecule has 0 aliphatic carbocycles. The van der Waals surface area contributed by atoms with Gasteiger partial charge >= 0.3 is 0 Å². The normalized spacial score (nSPS) is 14.3. The second kappa shape index (κ2) is 4.84. The minimum Gasteiger partial charge on any atom is -0.0628 e. The third kappa shape index (κ3) is 5.88. The summed E-state index contributed by atoms with van der Waals surface area (Å²) in [5, 5.41) is 0. The van der Waals surface area contributed by atoms with Gasteiger partial charge in [0.1, 0.15) is 0 Å². The lowest BCUT2D eigenvalue weighted by Crippen LogP contribution is -1.95. The van der Waals surface area contributed by atoms with Gasteiger partial charge in [-0.25, -0.2) is 0 Å². The highest BCUT2D eigenvalue weighted by molar-refractivity contribution is 4.55. The van der Waals surface area contributed by atoms with Gasteiger partial charge < -0.3 is 0 Å². The molecule has 0 rings (SSSR count). The number of hydrogen-bond donors (Lipinski definition) is 0. The van der Waals surface area contributed by atoms with E-state index < -0.39 is 0 Å². The van der Waals surface area contributed by atoms with Gasteiger partial charge in [0.25, 0.3) is 0 Å². The summed E-state index contributed by atoms with van der Waals surface area (Å²) in [6.45, 7) is 10.7. The fraction of sp³-hybridized carbons (Fsp3) is 0.889. The van der Waals surface area contributed by atoms with Crippen molar-refractivity contribution in [3.05, 3.63) is 6.92 Å². The number of rotatable bonds is 4. The Labute approximate surface area is 59.7 Å². The fourth-order valence-electron chi connectivity index (χ4n) is 0.762. The van der Waals surface area contributed by atoms with E-state index in [2.05, 4.69) is 27.7 Å². The molecule has 0 aliphatic rings. The average molecular weight is 127 g/mol. The zero-order valence-corrected chi connectivity index (χ0v) is 6.98. The molecule has 0 aromatic carbocycles. The van der Waals surface area contributed by atoms with Gasteiger partial charge in [0.2, 0.25) is 0 Å². The summed E-state index contributed by atoms with van der Waals surface area (Å²) in [6.07, 6.45) is 3.80. The molecule has 0 aromatic rings. The lowest BCUT2D eigenvalue weighted by Gasteiger charge is -2.08. The van der Waals surface area contributed by atoms with E-state index in [9.17, 15) is 0 Å². The van der Waals surface area contributed by atoms with Crippen LogP contribution in [0, 0.1) is 18.8 Å². The van der Waals surface area contributed by atoms with Crippen molar-refractivity contribution in [2.45, 2.75) is 40.0 Å². The molecule has 0 aliphatic heterocycles. The minimum absolute atomic E-state index is 0.826. The van der Waals surface area contributed by atoms with Gasteiger partial charge in [0.15, 0.2) is 0 Å². The van der Waals surface area contributed by atoms with E-state index in [1.54, 1.807) is 0 Å². The second-order valence-corrected chi connectivity index (χ2v) is 3.37. The van der Waals surface area contributed by atoms with Crippen LogP contribution in [-0.2, 0) is 0 Å². The Morgan fingerprint density at radius 2 is 1.67 bits per heavy atom. The summed E-state index contributed by atoms with van der Waals surface area (Å²) < 4.78 is 0. The van der Waals surface area contributed by atoms with Crippen LogP contribution in [0.4, 0.5) is 0 Å². The van der Waals surface area contributed by atoms with Gasteiger partial charge in [-0.1, -0.05) is 47.0 Å². The van der Waals surface area contributed by atoms with Crippen molar-refractivity contribution < 1.29 is 0 Å². The fourth-order valence-corrected chi connectivity index (χ4v) is 0.762. The molecule has 0 saturated carbocycles. The Morgan fingerprint density at radius 3 is 2.00 bits per heavy atom. The zero-order chi connectivity index (χ0) is 7.28. The molecule has 0 heteroatoms. The van der Waals surface area contributed by atoms with Crippen LogP contribution in [0.2, 0.25) is 0 Å². The molecule has 55 valence electrons. The quantitative estimate of drug-likeness (QED) is 0.543. The lowest BCUT2D eigenvalue weighted by atomic mass is 9.98. The summed E-state index contributed by atoms with van der Waals surface area (Å²) in [6, 6.07) is 0. The van der Waals surface area contributed by atoms with Gasteiger partial charge in [0.05, 0.1) is 0 Å². The van der Waals surface area contributed by atoms with Crippen molar-refractivity contribution in [2.75, 3.05) is 0 Å². The SMILES string of the molecule is [CH2]CC(C)CCC(C)C. The van der Waals surface area contributed by atoms with Crippen molar-refractivity contribution >= 4 is 0 Å². The Kier molecular flexibility index (Phi) is 4.84. The molecule has 0 heterocycles. The Bertz CT molecular complexity index is 55.1. The maximum Gasteiger partial charge on any atom is -0.0443 e. The Morgan fingerprint density at radius 1 is 1.11 bits per heavy atom. The van der Waals surface area contributed by atoms with Crippen LogP contribution in [0.1, 0.15) is 40.0 Å². The summed E-state index contributed by atoms with van der Waals surface area (Å²) >= 11 is 0. The highest BCUT2D eigenvalue weighted by Crippen LogP contribution is 2.13. The highest BCUT2D eigenvalue weighted by Gasteiger charge is 1.99. The van der Waals surface area contributed by atoms with E-state index in [1.165, 1.54) is 12.8 Å². The van der Waals surface area contributed by atoms with E-state index in [-0.39, 0.29) is 0 Å². The summed E-state index contributed by atoms with van der Waals surface area (Å²) in [5.41, 5.74) is 0.